The number of hydrogen-bond acceptors (Lipinski definition) is 5. The lowest BCUT2D eigenvalue weighted by atomic mass is 10.1. The van der Waals surface area contributed by atoms with Crippen molar-refractivity contribution < 1.29 is 4.55 Å². The fraction of sp³-hybridized carbons (Fsp3) is 0.500. The zero-order chi connectivity index (χ0) is 18.3. The van der Waals surface area contributed by atoms with Crippen molar-refractivity contribution in [3.63, 3.8) is 0 Å². The van der Waals surface area contributed by atoms with E-state index in [1.165, 1.54) is 5.57 Å². The Morgan fingerprint density at radius 1 is 1.08 bits per heavy atom. The van der Waals surface area contributed by atoms with Crippen LogP contribution in [0.25, 0.3) is 0 Å². The summed E-state index contributed by atoms with van der Waals surface area (Å²) in [6.07, 6.45) is 10.1. The molecule has 0 heterocycles. The van der Waals surface area contributed by atoms with Crippen molar-refractivity contribution in [3.8, 4) is 0 Å². The highest BCUT2D eigenvalue weighted by Crippen LogP contribution is 2.15. The maximum Gasteiger partial charge on any atom is 0.108 e. The highest BCUT2D eigenvalue weighted by atomic mass is 32.2. The average Bonchev–Trinajstić information content (AvgIpc) is 2.65. The Kier molecular flexibility index (Phi) is 11.9. The molecule has 0 fully saturated rings. The van der Waals surface area contributed by atoms with Gasteiger partial charge in [-0.1, -0.05) is 44.6 Å². The maximum absolute atomic E-state index is 8.75. The first-order valence-electron chi connectivity index (χ1n) is 9.20. The van der Waals surface area contributed by atoms with Crippen LogP contribution < -0.4 is 10.0 Å². The van der Waals surface area contributed by atoms with Crippen LogP contribution in [0.15, 0.2) is 48.1 Å². The minimum atomic E-state index is 0.614. The predicted molar refractivity (Wildman–Crippen MR) is 113 cm³/mol. The molecule has 0 unspecified atom stereocenters. The highest BCUT2D eigenvalue weighted by molar-refractivity contribution is 7.95. The van der Waals surface area contributed by atoms with Gasteiger partial charge in [-0.2, -0.15) is 0 Å². The molecule has 5 heteroatoms. The molecule has 0 aliphatic heterocycles. The Labute approximate surface area is 157 Å². The number of hydrogen-bond donors (Lipinski definition) is 3. The summed E-state index contributed by atoms with van der Waals surface area (Å²) in [5.74, 6) is 0. The Morgan fingerprint density at radius 3 is 2.36 bits per heavy atom. The van der Waals surface area contributed by atoms with Gasteiger partial charge in [0, 0.05) is 31.0 Å². The molecule has 0 radical (unpaired) electrons. The summed E-state index contributed by atoms with van der Waals surface area (Å²) in [5, 5.41) is 3.44. The van der Waals surface area contributed by atoms with E-state index in [9.17, 15) is 0 Å². The molecule has 4 nitrogen and oxygen atoms in total. The van der Waals surface area contributed by atoms with Gasteiger partial charge >= 0.3 is 0 Å². The second kappa shape index (κ2) is 13.8. The zero-order valence-corrected chi connectivity index (χ0v) is 16.6. The summed E-state index contributed by atoms with van der Waals surface area (Å²) in [6.45, 7) is 10.7. The van der Waals surface area contributed by atoms with Gasteiger partial charge in [0.25, 0.3) is 0 Å². The average molecular weight is 364 g/mol. The molecule has 0 saturated carbocycles. The van der Waals surface area contributed by atoms with Crippen molar-refractivity contribution in [1.82, 2.24) is 4.90 Å². The molecule has 0 aromatic heterocycles. The van der Waals surface area contributed by atoms with Crippen LogP contribution in [-0.4, -0.2) is 35.6 Å². The van der Waals surface area contributed by atoms with Crippen molar-refractivity contribution in [2.45, 2.75) is 40.0 Å². The quantitative estimate of drug-likeness (QED) is 0.240. The fourth-order valence-corrected chi connectivity index (χ4v) is 2.78. The SMILES string of the molecule is CCC(=C/C=C\CCN(CC)CCNc1ccc(NSO)cc1)CC. The molecule has 0 bridgehead atoms. The van der Waals surface area contributed by atoms with Crippen molar-refractivity contribution >= 4 is 23.6 Å². The van der Waals surface area contributed by atoms with Crippen LogP contribution in [0.3, 0.4) is 0 Å². The van der Waals surface area contributed by atoms with E-state index in [0.29, 0.717) is 12.2 Å². The molecule has 0 atom stereocenters. The minimum absolute atomic E-state index is 0.614. The fourth-order valence-electron chi connectivity index (χ4n) is 2.54. The lowest BCUT2D eigenvalue weighted by Gasteiger charge is -2.20. The zero-order valence-electron chi connectivity index (χ0n) is 15.8. The van der Waals surface area contributed by atoms with Gasteiger partial charge in [0.15, 0.2) is 0 Å². The van der Waals surface area contributed by atoms with Crippen molar-refractivity contribution in [2.24, 2.45) is 0 Å². The molecule has 1 rings (SSSR count). The topological polar surface area (TPSA) is 47.5 Å². The molecule has 0 saturated heterocycles. The first-order valence-corrected chi connectivity index (χ1v) is 9.98. The number of nitrogens with zero attached hydrogens (tertiary/aromatic N) is 1. The van der Waals surface area contributed by atoms with Crippen LogP contribution in [0.4, 0.5) is 11.4 Å². The van der Waals surface area contributed by atoms with Crippen molar-refractivity contribution in [2.75, 3.05) is 36.2 Å². The largest absolute Gasteiger partial charge is 0.384 e. The van der Waals surface area contributed by atoms with Crippen molar-refractivity contribution in [3.05, 3.63) is 48.1 Å². The lowest BCUT2D eigenvalue weighted by Crippen LogP contribution is -2.29. The monoisotopic (exact) mass is 363 g/mol. The van der Waals surface area contributed by atoms with Crippen LogP contribution in [-0.2, 0) is 0 Å². The number of rotatable bonds is 13. The van der Waals surface area contributed by atoms with Crippen LogP contribution in [0.1, 0.15) is 40.0 Å². The first kappa shape index (κ1) is 21.6. The van der Waals surface area contributed by atoms with Gasteiger partial charge in [0.2, 0.25) is 0 Å². The van der Waals surface area contributed by atoms with Gasteiger partial charge in [0.05, 0.1) is 0 Å². The van der Waals surface area contributed by atoms with E-state index in [-0.39, 0.29) is 0 Å². The molecule has 0 amide bonds. The second-order valence-corrected chi connectivity index (χ2v) is 6.27. The molecule has 1 aromatic carbocycles. The van der Waals surface area contributed by atoms with E-state index in [0.717, 1.165) is 56.8 Å². The number of allylic oxidation sites excluding steroid dienone is 3. The Morgan fingerprint density at radius 2 is 1.76 bits per heavy atom. The number of nitrogens with one attached hydrogen (secondary N) is 2. The highest BCUT2D eigenvalue weighted by Gasteiger charge is 2.01. The van der Waals surface area contributed by atoms with E-state index in [4.69, 9.17) is 4.55 Å². The molecule has 1 aromatic rings. The van der Waals surface area contributed by atoms with E-state index in [1.54, 1.807) is 0 Å². The van der Waals surface area contributed by atoms with Gasteiger partial charge in [0.1, 0.15) is 12.2 Å². The predicted octanol–water partition coefficient (Wildman–Crippen LogP) is 5.65. The summed E-state index contributed by atoms with van der Waals surface area (Å²) in [7, 11) is 0. The van der Waals surface area contributed by atoms with Gasteiger partial charge in [-0.3, -0.25) is 0 Å². The Hall–Kier alpha value is -1.43. The third kappa shape index (κ3) is 9.58. The smallest absolute Gasteiger partial charge is 0.108 e. The van der Waals surface area contributed by atoms with Gasteiger partial charge in [-0.05, 0) is 50.1 Å². The van der Waals surface area contributed by atoms with Crippen LogP contribution in [0, 0.1) is 0 Å². The molecular weight excluding hydrogens is 330 g/mol. The third-order valence-electron chi connectivity index (χ3n) is 4.24. The number of benzene rings is 1. The van der Waals surface area contributed by atoms with E-state index < -0.39 is 0 Å². The third-order valence-corrected chi connectivity index (χ3v) is 4.57. The van der Waals surface area contributed by atoms with Crippen LogP contribution in [0.5, 0.6) is 0 Å². The second-order valence-electron chi connectivity index (χ2n) is 5.88. The normalized spacial score (nSPS) is 11.1. The van der Waals surface area contributed by atoms with Gasteiger partial charge in [-0.15, -0.1) is 0 Å². The summed E-state index contributed by atoms with van der Waals surface area (Å²) >= 11 is 0.614. The molecule has 0 spiro atoms. The molecule has 25 heavy (non-hydrogen) atoms. The van der Waals surface area contributed by atoms with Gasteiger partial charge in [-0.25, -0.2) is 0 Å². The van der Waals surface area contributed by atoms with E-state index in [2.05, 4.69) is 53.9 Å². The van der Waals surface area contributed by atoms with Crippen molar-refractivity contribution in [1.29, 1.82) is 0 Å². The molecule has 3 N–H and O–H groups in total. The van der Waals surface area contributed by atoms with Crippen LogP contribution >= 0.6 is 12.2 Å². The maximum atomic E-state index is 8.75. The summed E-state index contributed by atoms with van der Waals surface area (Å²) in [6, 6.07) is 7.93. The summed E-state index contributed by atoms with van der Waals surface area (Å²) in [5.41, 5.74) is 3.50. The molecule has 0 aliphatic carbocycles. The first-order chi connectivity index (χ1) is 12.2. The molecule has 140 valence electrons. The number of likely N-dealkylation sites (N-methyl/N-ethyl adjacent to an activating group) is 1. The summed E-state index contributed by atoms with van der Waals surface area (Å²) in [4.78, 5) is 2.46. The molecule has 0 aliphatic rings. The summed E-state index contributed by atoms with van der Waals surface area (Å²) < 4.78 is 11.5. The Balaban J connectivity index is 2.27. The molecular formula is C20H33N3OS. The Bertz CT molecular complexity index is 508. The standard InChI is InChI=1S/C20H33N3OS/c1-4-18(5-2)10-8-7-9-16-23(6-3)17-15-21-19-11-13-20(14-12-19)22-25-24/h7-8,10-14,21-22,24H,4-6,9,15-17H2,1-3H3/b8-7-. The van der Waals surface area contributed by atoms with Crippen LogP contribution in [0.2, 0.25) is 0 Å². The lowest BCUT2D eigenvalue weighted by molar-refractivity contribution is 0.305. The van der Waals surface area contributed by atoms with E-state index in [1.807, 2.05) is 24.3 Å². The minimum Gasteiger partial charge on any atom is -0.384 e. The van der Waals surface area contributed by atoms with Gasteiger partial charge < -0.3 is 19.5 Å². The number of anilines is 2. The van der Waals surface area contributed by atoms with E-state index >= 15 is 0 Å².